The standard InChI is InChI=1S/C22H36N2O3Si2/c1-28(2,3)27-29(4,17-15-21(23)25-19-11-7-5-8-12-19)18-16-22(24)26-20-13-9-6-10-14-20/h5-14,21-22H,15-18,23-24H2,1-4H3. The summed E-state index contributed by atoms with van der Waals surface area (Å²) in [7, 11) is -3.69. The number of hydrogen-bond acceptors (Lipinski definition) is 5. The Bertz CT molecular complexity index is 660. The Kier molecular flexibility index (Phi) is 8.91. The highest BCUT2D eigenvalue weighted by atomic mass is 28.4. The van der Waals surface area contributed by atoms with E-state index in [1.165, 1.54) is 0 Å². The maximum absolute atomic E-state index is 6.68. The van der Waals surface area contributed by atoms with E-state index in [1.54, 1.807) is 0 Å². The molecule has 0 bridgehead atoms. The fourth-order valence-electron chi connectivity index (χ4n) is 3.33. The highest BCUT2D eigenvalue weighted by Gasteiger charge is 2.35. The summed E-state index contributed by atoms with van der Waals surface area (Å²) in [6.45, 7) is 8.99. The number of benzene rings is 2. The van der Waals surface area contributed by atoms with Crippen molar-refractivity contribution in [2.24, 2.45) is 11.5 Å². The van der Waals surface area contributed by atoms with Crippen LogP contribution in [0.15, 0.2) is 60.7 Å². The molecule has 0 heterocycles. The molecule has 0 saturated heterocycles. The van der Waals surface area contributed by atoms with Gasteiger partial charge in [0.2, 0.25) is 0 Å². The molecule has 2 unspecified atom stereocenters. The molecule has 2 aromatic carbocycles. The molecular formula is C22H36N2O3Si2. The summed E-state index contributed by atoms with van der Waals surface area (Å²) in [6, 6.07) is 21.3. The van der Waals surface area contributed by atoms with Crippen LogP contribution < -0.4 is 20.9 Å². The normalized spacial score (nSPS) is 15.9. The van der Waals surface area contributed by atoms with E-state index in [4.69, 9.17) is 25.1 Å². The molecule has 2 atom stereocenters. The third-order valence-electron chi connectivity index (χ3n) is 4.53. The molecule has 160 valence electrons. The van der Waals surface area contributed by atoms with Gasteiger partial charge in [-0.1, -0.05) is 36.4 Å². The molecule has 0 spiro atoms. The lowest BCUT2D eigenvalue weighted by atomic mass is 10.3. The summed E-state index contributed by atoms with van der Waals surface area (Å²) in [5.74, 6) is 1.60. The number of ether oxygens (including phenoxy) is 2. The van der Waals surface area contributed by atoms with E-state index in [2.05, 4.69) is 26.2 Å². The average molecular weight is 433 g/mol. The Morgan fingerprint density at radius 2 is 1.07 bits per heavy atom. The highest BCUT2D eigenvalue weighted by Crippen LogP contribution is 2.27. The molecule has 5 nitrogen and oxygen atoms in total. The molecule has 0 aliphatic rings. The van der Waals surface area contributed by atoms with E-state index in [0.29, 0.717) is 0 Å². The highest BCUT2D eigenvalue weighted by molar-refractivity contribution is 6.84. The van der Waals surface area contributed by atoms with Crippen molar-refractivity contribution in [1.29, 1.82) is 0 Å². The van der Waals surface area contributed by atoms with Gasteiger partial charge in [0.25, 0.3) is 0 Å². The van der Waals surface area contributed by atoms with Gasteiger partial charge in [-0.15, -0.1) is 0 Å². The van der Waals surface area contributed by atoms with Crippen molar-refractivity contribution in [3.63, 3.8) is 0 Å². The lowest BCUT2D eigenvalue weighted by Crippen LogP contribution is -2.46. The SMILES string of the molecule is C[Si](C)(C)O[Si](C)(CCC(N)Oc1ccccc1)CCC(N)Oc1ccccc1. The van der Waals surface area contributed by atoms with E-state index in [9.17, 15) is 0 Å². The quantitative estimate of drug-likeness (QED) is 0.367. The second-order valence-corrected chi connectivity index (χ2v) is 17.6. The first-order chi connectivity index (χ1) is 13.7. The van der Waals surface area contributed by atoms with Crippen molar-refractivity contribution < 1.29 is 13.6 Å². The van der Waals surface area contributed by atoms with Crippen LogP contribution in [0.25, 0.3) is 0 Å². The lowest BCUT2D eigenvalue weighted by molar-refractivity contribution is 0.199. The van der Waals surface area contributed by atoms with Gasteiger partial charge in [-0.2, -0.15) is 0 Å². The molecule has 2 aromatic rings. The second-order valence-electron chi connectivity index (χ2n) is 8.68. The van der Waals surface area contributed by atoms with Crippen molar-refractivity contribution in [2.45, 2.75) is 63.6 Å². The number of hydrogen-bond donors (Lipinski definition) is 2. The Morgan fingerprint density at radius 1 is 0.690 bits per heavy atom. The van der Waals surface area contributed by atoms with Crippen molar-refractivity contribution in [1.82, 2.24) is 0 Å². The average Bonchev–Trinajstić information content (AvgIpc) is 2.65. The summed E-state index contributed by atoms with van der Waals surface area (Å²) in [6.07, 6.45) is 0.834. The molecule has 2 rings (SSSR count). The maximum Gasteiger partial charge on any atom is 0.176 e. The van der Waals surface area contributed by atoms with Crippen LogP contribution in [0.2, 0.25) is 38.3 Å². The van der Waals surface area contributed by atoms with Gasteiger partial charge in [0, 0.05) is 0 Å². The van der Waals surface area contributed by atoms with Gasteiger partial charge >= 0.3 is 0 Å². The minimum atomic E-state index is -2.00. The molecule has 0 fully saturated rings. The van der Waals surface area contributed by atoms with Gasteiger partial charge in [0.05, 0.1) is 0 Å². The maximum atomic E-state index is 6.68. The van der Waals surface area contributed by atoms with Gasteiger partial charge in [-0.25, -0.2) is 0 Å². The Hall–Kier alpha value is -1.65. The van der Waals surface area contributed by atoms with Crippen LogP contribution in [-0.4, -0.2) is 29.1 Å². The predicted molar refractivity (Wildman–Crippen MR) is 125 cm³/mol. The van der Waals surface area contributed by atoms with E-state index in [-0.39, 0.29) is 12.5 Å². The zero-order chi connectivity index (χ0) is 21.3. The van der Waals surface area contributed by atoms with E-state index in [1.807, 2.05) is 60.7 Å². The van der Waals surface area contributed by atoms with Crippen LogP contribution in [0.1, 0.15) is 12.8 Å². The summed E-state index contributed by atoms with van der Waals surface area (Å²) in [4.78, 5) is 0. The topological polar surface area (TPSA) is 79.7 Å². The second kappa shape index (κ2) is 10.9. The van der Waals surface area contributed by atoms with Crippen LogP contribution in [0.5, 0.6) is 11.5 Å². The number of nitrogens with two attached hydrogens (primary N) is 2. The molecule has 29 heavy (non-hydrogen) atoms. The fraction of sp³-hybridized carbons (Fsp3) is 0.455. The van der Waals surface area contributed by atoms with Gasteiger partial charge in [-0.05, 0) is 75.4 Å². The lowest BCUT2D eigenvalue weighted by Gasteiger charge is -2.36. The number of rotatable bonds is 12. The van der Waals surface area contributed by atoms with Crippen LogP contribution in [0, 0.1) is 0 Å². The van der Waals surface area contributed by atoms with Crippen LogP contribution in [-0.2, 0) is 4.12 Å². The molecular weight excluding hydrogens is 396 g/mol. The molecule has 4 N–H and O–H groups in total. The van der Waals surface area contributed by atoms with Gasteiger partial charge < -0.3 is 13.6 Å². The largest absolute Gasteiger partial charge is 0.476 e. The zero-order valence-electron chi connectivity index (χ0n) is 18.1. The zero-order valence-corrected chi connectivity index (χ0v) is 20.1. The van der Waals surface area contributed by atoms with E-state index < -0.39 is 16.6 Å². The van der Waals surface area contributed by atoms with Crippen molar-refractivity contribution in [3.05, 3.63) is 60.7 Å². The summed E-state index contributed by atoms with van der Waals surface area (Å²) in [5, 5.41) is 0. The first-order valence-corrected chi connectivity index (χ1v) is 16.5. The first-order valence-electron chi connectivity index (χ1n) is 10.3. The van der Waals surface area contributed by atoms with Gasteiger partial charge in [0.1, 0.15) is 24.0 Å². The Labute approximate surface area is 177 Å². The minimum Gasteiger partial charge on any atom is -0.476 e. The van der Waals surface area contributed by atoms with E-state index >= 15 is 0 Å². The predicted octanol–water partition coefficient (Wildman–Crippen LogP) is 4.92. The smallest absolute Gasteiger partial charge is 0.176 e. The molecule has 0 aliphatic carbocycles. The molecule has 0 aromatic heterocycles. The summed E-state index contributed by atoms with van der Waals surface area (Å²) in [5.41, 5.74) is 12.5. The third-order valence-corrected chi connectivity index (χ3v) is 11.6. The van der Waals surface area contributed by atoms with Crippen molar-refractivity contribution in [3.8, 4) is 11.5 Å². The van der Waals surface area contributed by atoms with Crippen molar-refractivity contribution >= 4 is 16.6 Å². The summed E-state index contributed by atoms with van der Waals surface area (Å²) >= 11 is 0. The molecule has 0 amide bonds. The van der Waals surface area contributed by atoms with Crippen molar-refractivity contribution in [2.75, 3.05) is 0 Å². The monoisotopic (exact) mass is 432 g/mol. The van der Waals surface area contributed by atoms with Crippen LogP contribution >= 0.6 is 0 Å². The van der Waals surface area contributed by atoms with E-state index in [0.717, 1.165) is 36.4 Å². The van der Waals surface area contributed by atoms with Crippen LogP contribution in [0.4, 0.5) is 0 Å². The Morgan fingerprint density at radius 3 is 1.41 bits per heavy atom. The fourth-order valence-corrected chi connectivity index (χ4v) is 12.1. The minimum absolute atomic E-state index is 0.344. The third kappa shape index (κ3) is 9.60. The molecule has 7 heteroatoms. The molecule has 0 aliphatic heterocycles. The van der Waals surface area contributed by atoms with Gasteiger partial charge in [-0.3, -0.25) is 11.5 Å². The number of para-hydroxylation sites is 2. The summed E-state index contributed by atoms with van der Waals surface area (Å²) < 4.78 is 18.4. The molecule has 0 saturated carbocycles. The van der Waals surface area contributed by atoms with Crippen LogP contribution in [0.3, 0.4) is 0 Å². The Balaban J connectivity index is 1.90. The van der Waals surface area contributed by atoms with Gasteiger partial charge in [0.15, 0.2) is 16.6 Å². The first kappa shape index (κ1) is 23.6. The molecule has 0 radical (unpaired) electrons.